The van der Waals surface area contributed by atoms with E-state index >= 15 is 0 Å². The number of rotatable bonds is 6. The summed E-state index contributed by atoms with van der Waals surface area (Å²) in [6.07, 6.45) is 2.71. The predicted octanol–water partition coefficient (Wildman–Crippen LogP) is 1.16. The van der Waals surface area contributed by atoms with Crippen molar-refractivity contribution in [3.63, 3.8) is 0 Å². The molecule has 0 aliphatic carbocycles. The van der Waals surface area contributed by atoms with E-state index in [9.17, 15) is 9.59 Å². The number of hydrogen-bond donors (Lipinski definition) is 3. The number of benzene rings is 1. The average molecular weight is 450 g/mol. The highest BCUT2D eigenvalue weighted by Crippen LogP contribution is 2.23. The molecule has 0 saturated carbocycles. The van der Waals surface area contributed by atoms with Crippen LogP contribution in [0.3, 0.4) is 0 Å². The molecule has 10 nitrogen and oxygen atoms in total. The maximum absolute atomic E-state index is 12.0. The van der Waals surface area contributed by atoms with Crippen molar-refractivity contribution in [3.8, 4) is 23.3 Å². The van der Waals surface area contributed by atoms with E-state index in [-0.39, 0.29) is 35.0 Å². The van der Waals surface area contributed by atoms with Gasteiger partial charge in [-0.1, -0.05) is 12.5 Å². The molecule has 2 amide bonds. The molecule has 3 rings (SSSR count). The first-order valence-corrected chi connectivity index (χ1v) is 10.2. The number of nitrogens with zero attached hydrogens (tertiary/aromatic N) is 3. The molecule has 1 aliphatic rings. The summed E-state index contributed by atoms with van der Waals surface area (Å²) < 4.78 is 10.5. The van der Waals surface area contributed by atoms with Gasteiger partial charge in [-0.15, -0.1) is 0 Å². The quantitative estimate of drug-likeness (QED) is 0.439. The topological polar surface area (TPSA) is 146 Å². The molecule has 0 atom stereocenters. The number of nitrogen functional groups attached to an aromatic ring is 1. The Labute approximate surface area is 192 Å². The number of ether oxygens (including phenoxy) is 2. The number of methoxy groups -OCH3 is 2. The first-order chi connectivity index (χ1) is 15.8. The van der Waals surface area contributed by atoms with Gasteiger partial charge in [0.15, 0.2) is 0 Å². The van der Waals surface area contributed by atoms with E-state index in [1.165, 1.54) is 20.3 Å². The fourth-order valence-corrected chi connectivity index (χ4v) is 3.44. The molecule has 172 valence electrons. The lowest BCUT2D eigenvalue weighted by atomic mass is 10.1. The number of piperidine rings is 1. The number of carbonyl (C=O) groups excluding carboxylic acids is 2. The Hall–Kier alpha value is -4.26. The van der Waals surface area contributed by atoms with E-state index in [2.05, 4.69) is 33.7 Å². The number of carbonyl (C=O) groups is 2. The lowest BCUT2D eigenvalue weighted by Gasteiger charge is -2.31. The number of hydrogen-bond acceptors (Lipinski definition) is 8. The standard InChI is InChI=1S/C23H26N6O4/c1-4-19(30)29-9-7-15(8-10-29)26-23-27-18(20(22(25)31)21(24)28-23)6-5-14-11-16(32-2)13-17(12-14)33-3/h4,11-13,15H,1,7-10H2,2-3H3,(H2,25,31)(H3,24,26,27,28). The summed E-state index contributed by atoms with van der Waals surface area (Å²) in [6, 6.07) is 5.20. The van der Waals surface area contributed by atoms with Gasteiger partial charge in [-0.25, -0.2) is 4.98 Å². The van der Waals surface area contributed by atoms with E-state index in [1.54, 1.807) is 23.1 Å². The first-order valence-electron chi connectivity index (χ1n) is 10.2. The highest BCUT2D eigenvalue weighted by Gasteiger charge is 2.23. The van der Waals surface area contributed by atoms with Crippen LogP contribution in [0.4, 0.5) is 11.8 Å². The van der Waals surface area contributed by atoms with Crippen molar-refractivity contribution in [2.24, 2.45) is 5.73 Å². The molecular formula is C23H26N6O4. The second-order valence-electron chi connectivity index (χ2n) is 7.32. The van der Waals surface area contributed by atoms with Gasteiger partial charge in [-0.3, -0.25) is 9.59 Å². The molecule has 1 saturated heterocycles. The number of nitrogens with one attached hydrogen (secondary N) is 1. The van der Waals surface area contributed by atoms with Gasteiger partial charge in [0, 0.05) is 30.8 Å². The van der Waals surface area contributed by atoms with E-state index in [1.807, 2.05) is 0 Å². The van der Waals surface area contributed by atoms with Gasteiger partial charge in [-0.05, 0) is 37.0 Å². The Balaban J connectivity index is 1.87. The predicted molar refractivity (Wildman–Crippen MR) is 124 cm³/mol. The van der Waals surface area contributed by atoms with Crippen molar-refractivity contribution in [2.45, 2.75) is 18.9 Å². The number of likely N-dealkylation sites (tertiary alicyclic amines) is 1. The number of aromatic nitrogens is 2. The Bertz CT molecular complexity index is 1110. The summed E-state index contributed by atoms with van der Waals surface area (Å²) in [7, 11) is 3.08. The molecule has 0 unspecified atom stereocenters. The SMILES string of the molecule is C=CC(=O)N1CCC(Nc2nc(N)c(C(N)=O)c(C#Cc3cc(OC)cc(OC)c3)n2)CC1. The van der Waals surface area contributed by atoms with Crippen LogP contribution >= 0.6 is 0 Å². The Morgan fingerprint density at radius 2 is 1.79 bits per heavy atom. The zero-order chi connectivity index (χ0) is 24.0. The third-order valence-corrected chi connectivity index (χ3v) is 5.17. The second kappa shape index (κ2) is 10.4. The molecule has 1 aromatic heterocycles. The lowest BCUT2D eigenvalue weighted by Crippen LogP contribution is -2.42. The van der Waals surface area contributed by atoms with Crippen LogP contribution in [0, 0.1) is 11.8 Å². The van der Waals surface area contributed by atoms with E-state index in [4.69, 9.17) is 20.9 Å². The third kappa shape index (κ3) is 5.71. The molecule has 2 aromatic rings. The van der Waals surface area contributed by atoms with Gasteiger partial charge in [-0.2, -0.15) is 4.98 Å². The first kappa shape index (κ1) is 23.4. The van der Waals surface area contributed by atoms with Gasteiger partial charge in [0.2, 0.25) is 11.9 Å². The van der Waals surface area contributed by atoms with Crippen LogP contribution in [0.2, 0.25) is 0 Å². The van der Waals surface area contributed by atoms with Crippen LogP contribution in [0.15, 0.2) is 30.9 Å². The van der Waals surface area contributed by atoms with Gasteiger partial charge < -0.3 is 31.2 Å². The molecule has 0 spiro atoms. The summed E-state index contributed by atoms with van der Waals surface area (Å²) in [5.41, 5.74) is 12.2. The lowest BCUT2D eigenvalue weighted by molar-refractivity contribution is -0.126. The van der Waals surface area contributed by atoms with E-state index in [0.29, 0.717) is 43.0 Å². The van der Waals surface area contributed by atoms with Crippen molar-refractivity contribution in [1.82, 2.24) is 14.9 Å². The fourth-order valence-electron chi connectivity index (χ4n) is 3.44. The molecule has 2 heterocycles. The maximum atomic E-state index is 12.0. The summed E-state index contributed by atoms with van der Waals surface area (Å²) >= 11 is 0. The summed E-state index contributed by atoms with van der Waals surface area (Å²) in [5.74, 6) is 6.25. The molecule has 0 bridgehead atoms. The van der Waals surface area contributed by atoms with Crippen molar-refractivity contribution >= 4 is 23.6 Å². The van der Waals surface area contributed by atoms with Crippen LogP contribution in [0.5, 0.6) is 11.5 Å². The minimum Gasteiger partial charge on any atom is -0.497 e. The van der Waals surface area contributed by atoms with Gasteiger partial charge in [0.1, 0.15) is 28.6 Å². The smallest absolute Gasteiger partial charge is 0.255 e. The number of amides is 2. The van der Waals surface area contributed by atoms with Crippen LogP contribution < -0.4 is 26.3 Å². The number of anilines is 2. The van der Waals surface area contributed by atoms with Crippen molar-refractivity contribution in [2.75, 3.05) is 38.4 Å². The third-order valence-electron chi connectivity index (χ3n) is 5.17. The van der Waals surface area contributed by atoms with Gasteiger partial charge in [0.05, 0.1) is 14.2 Å². The largest absolute Gasteiger partial charge is 0.497 e. The molecule has 1 aromatic carbocycles. The fraction of sp³-hybridized carbons (Fsp3) is 0.304. The molecule has 1 aliphatic heterocycles. The monoisotopic (exact) mass is 450 g/mol. The Morgan fingerprint density at radius 3 is 2.33 bits per heavy atom. The zero-order valence-electron chi connectivity index (χ0n) is 18.6. The molecule has 10 heteroatoms. The van der Waals surface area contributed by atoms with Crippen LogP contribution in [-0.4, -0.2) is 60.0 Å². The normalized spacial score (nSPS) is 13.5. The highest BCUT2D eigenvalue weighted by atomic mass is 16.5. The Morgan fingerprint density at radius 1 is 1.15 bits per heavy atom. The average Bonchev–Trinajstić information content (AvgIpc) is 2.81. The van der Waals surface area contributed by atoms with Crippen molar-refractivity contribution in [3.05, 3.63) is 47.7 Å². The van der Waals surface area contributed by atoms with Crippen molar-refractivity contribution < 1.29 is 19.1 Å². The van der Waals surface area contributed by atoms with Crippen LogP contribution in [0.25, 0.3) is 0 Å². The minimum absolute atomic E-state index is 0.0288. The molecule has 0 radical (unpaired) electrons. The number of primary amides is 1. The molecule has 1 fully saturated rings. The maximum Gasteiger partial charge on any atom is 0.255 e. The van der Waals surface area contributed by atoms with E-state index < -0.39 is 5.91 Å². The Kier molecular flexibility index (Phi) is 7.35. The highest BCUT2D eigenvalue weighted by molar-refractivity contribution is 5.99. The van der Waals surface area contributed by atoms with Crippen molar-refractivity contribution in [1.29, 1.82) is 0 Å². The number of nitrogens with two attached hydrogens (primary N) is 2. The summed E-state index contributed by atoms with van der Waals surface area (Å²) in [6.45, 7) is 4.69. The van der Waals surface area contributed by atoms with Gasteiger partial charge >= 0.3 is 0 Å². The van der Waals surface area contributed by atoms with Crippen LogP contribution in [0.1, 0.15) is 34.5 Å². The van der Waals surface area contributed by atoms with E-state index in [0.717, 1.165) is 0 Å². The summed E-state index contributed by atoms with van der Waals surface area (Å²) in [5, 5.41) is 3.21. The minimum atomic E-state index is -0.775. The molecular weight excluding hydrogens is 424 g/mol. The molecule has 33 heavy (non-hydrogen) atoms. The van der Waals surface area contributed by atoms with Crippen LogP contribution in [-0.2, 0) is 4.79 Å². The summed E-state index contributed by atoms with van der Waals surface area (Å²) in [4.78, 5) is 34.0. The molecule has 5 N–H and O–H groups in total. The zero-order valence-corrected chi connectivity index (χ0v) is 18.6. The second-order valence-corrected chi connectivity index (χ2v) is 7.32. The van der Waals surface area contributed by atoms with Gasteiger partial charge in [0.25, 0.3) is 5.91 Å².